The molecule has 8 heteroatoms. The van der Waals surface area contributed by atoms with Crippen molar-refractivity contribution in [3.8, 4) is 0 Å². The molecule has 154 valence electrons. The standard InChI is InChI=1S/C23H18N4O4/c1-15-19(12-7-13-20(15)27(30)31)24-22(28)21-17-10-5-6-11-18(17)23(29)26(25-21)14-16-8-3-2-4-9-16/h2-13H,14H2,1H3,(H,24,28). The molecule has 3 aromatic carbocycles. The van der Waals surface area contributed by atoms with Gasteiger partial charge in [0.1, 0.15) is 0 Å². The fourth-order valence-electron chi connectivity index (χ4n) is 3.40. The van der Waals surface area contributed by atoms with Crippen molar-refractivity contribution in [2.24, 2.45) is 0 Å². The zero-order chi connectivity index (χ0) is 22.0. The SMILES string of the molecule is Cc1c(NC(=O)c2nn(Cc3ccccc3)c(=O)c3ccccc23)cccc1[N+](=O)[O-]. The molecular weight excluding hydrogens is 396 g/mol. The first-order valence-electron chi connectivity index (χ1n) is 9.55. The highest BCUT2D eigenvalue weighted by Gasteiger charge is 2.20. The molecule has 0 radical (unpaired) electrons. The van der Waals surface area contributed by atoms with Gasteiger partial charge in [0.05, 0.1) is 28.1 Å². The van der Waals surface area contributed by atoms with E-state index in [1.54, 1.807) is 37.3 Å². The second-order valence-corrected chi connectivity index (χ2v) is 7.00. The van der Waals surface area contributed by atoms with Gasteiger partial charge in [-0.3, -0.25) is 19.7 Å². The molecule has 0 aliphatic rings. The zero-order valence-corrected chi connectivity index (χ0v) is 16.6. The monoisotopic (exact) mass is 414 g/mol. The molecule has 1 N–H and O–H groups in total. The molecule has 0 bridgehead atoms. The van der Waals surface area contributed by atoms with Crippen LogP contribution in [0.1, 0.15) is 21.6 Å². The van der Waals surface area contributed by atoms with Gasteiger partial charge in [-0.15, -0.1) is 0 Å². The van der Waals surface area contributed by atoms with Crippen LogP contribution < -0.4 is 10.9 Å². The van der Waals surface area contributed by atoms with Crippen LogP contribution in [0.15, 0.2) is 77.6 Å². The Kier molecular flexibility index (Phi) is 5.28. The summed E-state index contributed by atoms with van der Waals surface area (Å²) < 4.78 is 1.26. The maximum absolute atomic E-state index is 13.1. The lowest BCUT2D eigenvalue weighted by molar-refractivity contribution is -0.385. The van der Waals surface area contributed by atoms with Crippen molar-refractivity contribution in [2.45, 2.75) is 13.5 Å². The molecule has 0 spiro atoms. The third-order valence-corrected chi connectivity index (χ3v) is 5.01. The smallest absolute Gasteiger partial charge is 0.276 e. The first-order chi connectivity index (χ1) is 15.0. The van der Waals surface area contributed by atoms with E-state index in [-0.39, 0.29) is 23.5 Å². The molecular formula is C23H18N4O4. The highest BCUT2D eigenvalue weighted by molar-refractivity contribution is 6.11. The molecule has 0 saturated carbocycles. The van der Waals surface area contributed by atoms with Gasteiger partial charge in [-0.1, -0.05) is 54.6 Å². The number of nitrogens with zero attached hydrogens (tertiary/aromatic N) is 3. The van der Waals surface area contributed by atoms with Crippen LogP contribution in [0.4, 0.5) is 11.4 Å². The summed E-state index contributed by atoms with van der Waals surface area (Å²) in [5.41, 5.74) is 1.19. The number of nitro groups is 1. The highest BCUT2D eigenvalue weighted by atomic mass is 16.6. The molecule has 0 aliphatic heterocycles. The van der Waals surface area contributed by atoms with Crippen molar-refractivity contribution >= 4 is 28.1 Å². The molecule has 0 saturated heterocycles. The number of benzene rings is 3. The molecule has 4 rings (SSSR count). The summed E-state index contributed by atoms with van der Waals surface area (Å²) in [7, 11) is 0. The average molecular weight is 414 g/mol. The van der Waals surface area contributed by atoms with Crippen molar-refractivity contribution in [1.29, 1.82) is 0 Å². The van der Waals surface area contributed by atoms with Crippen molar-refractivity contribution in [3.05, 3.63) is 110 Å². The number of rotatable bonds is 5. The number of fused-ring (bicyclic) bond motifs is 1. The van der Waals surface area contributed by atoms with E-state index in [4.69, 9.17) is 0 Å². The van der Waals surface area contributed by atoms with Gasteiger partial charge in [-0.05, 0) is 24.6 Å². The average Bonchev–Trinajstić information content (AvgIpc) is 2.77. The summed E-state index contributed by atoms with van der Waals surface area (Å²) in [4.78, 5) is 36.8. The summed E-state index contributed by atoms with van der Waals surface area (Å²) in [6, 6.07) is 20.6. The fourth-order valence-corrected chi connectivity index (χ4v) is 3.40. The van der Waals surface area contributed by atoms with Crippen LogP contribution in [0.25, 0.3) is 10.8 Å². The van der Waals surface area contributed by atoms with Gasteiger partial charge in [0.25, 0.3) is 17.2 Å². The van der Waals surface area contributed by atoms with E-state index < -0.39 is 10.8 Å². The van der Waals surface area contributed by atoms with E-state index in [0.29, 0.717) is 22.0 Å². The van der Waals surface area contributed by atoms with E-state index in [1.165, 1.54) is 16.8 Å². The van der Waals surface area contributed by atoms with Crippen LogP contribution in [0.3, 0.4) is 0 Å². The van der Waals surface area contributed by atoms with E-state index in [0.717, 1.165) is 5.56 Å². The Morgan fingerprint density at radius 1 is 1.00 bits per heavy atom. The summed E-state index contributed by atoms with van der Waals surface area (Å²) in [6.45, 7) is 1.77. The topological polar surface area (TPSA) is 107 Å². The molecule has 1 aromatic heterocycles. The number of anilines is 1. The van der Waals surface area contributed by atoms with Crippen LogP contribution in [0.5, 0.6) is 0 Å². The second kappa shape index (κ2) is 8.19. The molecule has 31 heavy (non-hydrogen) atoms. The lowest BCUT2D eigenvalue weighted by Crippen LogP contribution is -2.28. The largest absolute Gasteiger partial charge is 0.320 e. The number of nitrogens with one attached hydrogen (secondary N) is 1. The fraction of sp³-hybridized carbons (Fsp3) is 0.0870. The summed E-state index contributed by atoms with van der Waals surface area (Å²) in [6.07, 6.45) is 0. The summed E-state index contributed by atoms with van der Waals surface area (Å²) in [5, 5.41) is 19.0. The Hall–Kier alpha value is -4.33. The number of carbonyl (C=O) groups is 1. The minimum Gasteiger partial charge on any atom is -0.320 e. The van der Waals surface area contributed by atoms with E-state index in [2.05, 4.69) is 10.4 Å². The normalized spacial score (nSPS) is 10.7. The molecule has 0 unspecified atom stereocenters. The van der Waals surface area contributed by atoms with Crippen molar-refractivity contribution in [2.75, 3.05) is 5.32 Å². The molecule has 0 fully saturated rings. The minimum atomic E-state index is -0.554. The third kappa shape index (κ3) is 3.91. The van der Waals surface area contributed by atoms with Gasteiger partial charge >= 0.3 is 0 Å². The summed E-state index contributed by atoms with van der Waals surface area (Å²) >= 11 is 0. The van der Waals surface area contributed by atoms with Crippen LogP contribution >= 0.6 is 0 Å². The summed E-state index contributed by atoms with van der Waals surface area (Å²) in [5.74, 6) is -0.554. The molecule has 0 atom stereocenters. The number of amides is 1. The van der Waals surface area contributed by atoms with Gasteiger partial charge < -0.3 is 5.32 Å². The van der Waals surface area contributed by atoms with Crippen molar-refractivity contribution in [3.63, 3.8) is 0 Å². The van der Waals surface area contributed by atoms with Crippen LogP contribution in [-0.4, -0.2) is 20.6 Å². The Balaban J connectivity index is 1.79. The van der Waals surface area contributed by atoms with Gasteiger partial charge in [-0.2, -0.15) is 5.10 Å². The van der Waals surface area contributed by atoms with Crippen molar-refractivity contribution < 1.29 is 9.72 Å². The lowest BCUT2D eigenvalue weighted by Gasteiger charge is -2.12. The van der Waals surface area contributed by atoms with Gasteiger partial charge in [0.2, 0.25) is 0 Å². The molecule has 0 aliphatic carbocycles. The maximum Gasteiger partial charge on any atom is 0.276 e. The molecule has 1 heterocycles. The van der Waals surface area contributed by atoms with Crippen LogP contribution in [0, 0.1) is 17.0 Å². The number of hydrogen-bond acceptors (Lipinski definition) is 5. The number of aromatic nitrogens is 2. The quantitative estimate of drug-likeness (QED) is 0.393. The van der Waals surface area contributed by atoms with Gasteiger partial charge in [0.15, 0.2) is 5.69 Å². The number of carbonyl (C=O) groups excluding carboxylic acids is 1. The van der Waals surface area contributed by atoms with E-state index in [9.17, 15) is 19.7 Å². The maximum atomic E-state index is 13.1. The molecule has 4 aromatic rings. The first kappa shape index (κ1) is 20.0. The van der Waals surface area contributed by atoms with Gasteiger partial charge in [0, 0.05) is 11.5 Å². The Morgan fingerprint density at radius 3 is 2.39 bits per heavy atom. The van der Waals surface area contributed by atoms with Crippen LogP contribution in [0.2, 0.25) is 0 Å². The van der Waals surface area contributed by atoms with Crippen molar-refractivity contribution in [1.82, 2.24) is 9.78 Å². The van der Waals surface area contributed by atoms with Gasteiger partial charge in [-0.25, -0.2) is 4.68 Å². The Morgan fingerprint density at radius 2 is 1.68 bits per heavy atom. The predicted molar refractivity (Wildman–Crippen MR) is 117 cm³/mol. The third-order valence-electron chi connectivity index (χ3n) is 5.01. The Labute approximate surface area is 176 Å². The lowest BCUT2D eigenvalue weighted by atomic mass is 10.1. The number of hydrogen-bond donors (Lipinski definition) is 1. The zero-order valence-electron chi connectivity index (χ0n) is 16.6. The predicted octanol–water partition coefficient (Wildman–Crippen LogP) is 3.91. The molecule has 8 nitrogen and oxygen atoms in total. The second-order valence-electron chi connectivity index (χ2n) is 7.00. The van der Waals surface area contributed by atoms with E-state index >= 15 is 0 Å². The Bertz CT molecular complexity index is 1360. The van der Waals surface area contributed by atoms with E-state index in [1.807, 2.05) is 30.3 Å². The van der Waals surface area contributed by atoms with Crippen LogP contribution in [-0.2, 0) is 6.54 Å². The minimum absolute atomic E-state index is 0.0667. The first-order valence-corrected chi connectivity index (χ1v) is 9.55. The highest BCUT2D eigenvalue weighted by Crippen LogP contribution is 2.26. The number of nitro benzene ring substituents is 1. The molecule has 1 amide bonds.